The summed E-state index contributed by atoms with van der Waals surface area (Å²) in [5.74, 6) is 2.52. The first-order valence-electron chi connectivity index (χ1n) is 12.2. The van der Waals surface area contributed by atoms with Crippen molar-refractivity contribution >= 4 is 28.3 Å². The number of nitrogens with zero attached hydrogens (tertiary/aromatic N) is 4. The Kier molecular flexibility index (Phi) is 7.23. The van der Waals surface area contributed by atoms with Crippen LogP contribution in [0.2, 0.25) is 0 Å². The number of pyridine rings is 1. The molecule has 3 heterocycles. The number of rotatable bonds is 8. The minimum atomic E-state index is -0.0470. The summed E-state index contributed by atoms with van der Waals surface area (Å²) in [6.07, 6.45) is 5.44. The Labute approximate surface area is 204 Å². The second-order valence-corrected chi connectivity index (χ2v) is 9.05. The highest BCUT2D eigenvalue weighted by molar-refractivity contribution is 5.89. The molecule has 1 aromatic carbocycles. The number of anilines is 2. The molecular weight excluding hydrogens is 446 g/mol. The molecule has 3 aromatic rings. The van der Waals surface area contributed by atoms with Gasteiger partial charge in [-0.25, -0.2) is 4.98 Å². The number of hydrogen-bond donors (Lipinski definition) is 1. The van der Waals surface area contributed by atoms with Crippen LogP contribution in [0, 0.1) is 0 Å². The van der Waals surface area contributed by atoms with Gasteiger partial charge >= 0.3 is 0 Å². The summed E-state index contributed by atoms with van der Waals surface area (Å²) in [5.41, 5.74) is 0. The lowest BCUT2D eigenvalue weighted by Gasteiger charge is -2.31. The Bertz CT molecular complexity index is 1160. The number of carbonyl (C=O) groups excluding carboxylic acids is 1. The van der Waals surface area contributed by atoms with Gasteiger partial charge in [-0.05, 0) is 50.1 Å². The molecule has 1 saturated heterocycles. The van der Waals surface area contributed by atoms with Crippen LogP contribution in [-0.4, -0.2) is 65.8 Å². The van der Waals surface area contributed by atoms with Gasteiger partial charge in [0.15, 0.2) is 5.78 Å². The Morgan fingerprint density at radius 3 is 2.71 bits per heavy atom. The van der Waals surface area contributed by atoms with Crippen molar-refractivity contribution in [3.05, 3.63) is 42.6 Å². The smallest absolute Gasteiger partial charge is 0.226 e. The van der Waals surface area contributed by atoms with Gasteiger partial charge in [0.05, 0.1) is 13.2 Å². The van der Waals surface area contributed by atoms with Crippen LogP contribution in [0.3, 0.4) is 0 Å². The first-order valence-corrected chi connectivity index (χ1v) is 12.2. The normalized spacial score (nSPS) is 20.4. The third-order valence-electron chi connectivity index (χ3n) is 6.37. The number of carbonyl (C=O) groups is 1. The summed E-state index contributed by atoms with van der Waals surface area (Å²) >= 11 is 0. The first kappa shape index (κ1) is 23.3. The van der Waals surface area contributed by atoms with Crippen LogP contribution < -0.4 is 19.7 Å². The van der Waals surface area contributed by atoms with Gasteiger partial charge in [0.2, 0.25) is 17.7 Å². The van der Waals surface area contributed by atoms with E-state index in [2.05, 4.69) is 38.4 Å². The van der Waals surface area contributed by atoms with Crippen molar-refractivity contribution in [1.29, 1.82) is 0 Å². The Balaban J connectivity index is 1.22. The molecule has 2 fully saturated rings. The number of Topliss-reactive ketones (excluding diaryl/α,β-unsaturated/α-hetero) is 1. The second kappa shape index (κ2) is 10.9. The molecule has 0 radical (unpaired) electrons. The van der Waals surface area contributed by atoms with Crippen LogP contribution >= 0.6 is 0 Å². The van der Waals surface area contributed by atoms with Gasteiger partial charge in [0.25, 0.3) is 0 Å². The van der Waals surface area contributed by atoms with E-state index in [1.54, 1.807) is 12.3 Å². The SMILES string of the molecule is CC(=O)COc1ccnc(N[C@H]2CC[C@@H](Oc3nc(N4CCOCC4)cc4ccccc34)CC2)n1. The number of nitrogens with one attached hydrogen (secondary N) is 1. The highest BCUT2D eigenvalue weighted by Crippen LogP contribution is 2.32. The number of ketones is 1. The van der Waals surface area contributed by atoms with E-state index in [1.807, 2.05) is 12.1 Å². The van der Waals surface area contributed by atoms with E-state index in [0.29, 0.717) is 17.7 Å². The Morgan fingerprint density at radius 1 is 1.11 bits per heavy atom. The van der Waals surface area contributed by atoms with Gasteiger partial charge < -0.3 is 24.4 Å². The molecule has 0 spiro atoms. The zero-order valence-electron chi connectivity index (χ0n) is 20.0. The second-order valence-electron chi connectivity index (χ2n) is 9.05. The maximum Gasteiger partial charge on any atom is 0.226 e. The molecule has 1 aliphatic carbocycles. The first-order chi connectivity index (χ1) is 17.1. The molecule has 1 saturated carbocycles. The molecule has 2 aliphatic rings. The molecule has 0 bridgehead atoms. The third kappa shape index (κ3) is 5.97. The number of ether oxygens (including phenoxy) is 3. The number of morpholine rings is 1. The molecule has 2 aromatic heterocycles. The quantitative estimate of drug-likeness (QED) is 0.521. The summed E-state index contributed by atoms with van der Waals surface area (Å²) in [5, 5.41) is 5.58. The summed E-state index contributed by atoms with van der Waals surface area (Å²) in [4.78, 5) is 27.0. The van der Waals surface area contributed by atoms with E-state index in [-0.39, 0.29) is 24.5 Å². The lowest BCUT2D eigenvalue weighted by atomic mass is 9.93. The maximum atomic E-state index is 11.1. The molecular formula is C26H31N5O4. The van der Waals surface area contributed by atoms with Crippen LogP contribution in [0.15, 0.2) is 42.6 Å². The fourth-order valence-electron chi connectivity index (χ4n) is 4.53. The minimum absolute atomic E-state index is 0.00829. The van der Waals surface area contributed by atoms with E-state index >= 15 is 0 Å². The summed E-state index contributed by atoms with van der Waals surface area (Å²) in [7, 11) is 0. The lowest BCUT2D eigenvalue weighted by molar-refractivity contribution is -0.119. The number of hydrogen-bond acceptors (Lipinski definition) is 9. The van der Waals surface area contributed by atoms with Crippen molar-refractivity contribution in [1.82, 2.24) is 15.0 Å². The van der Waals surface area contributed by atoms with Gasteiger partial charge in [-0.1, -0.05) is 18.2 Å². The zero-order chi connectivity index (χ0) is 24.0. The highest BCUT2D eigenvalue weighted by Gasteiger charge is 2.25. The van der Waals surface area contributed by atoms with Gasteiger partial charge in [-0.3, -0.25) is 4.79 Å². The average molecular weight is 478 g/mol. The summed E-state index contributed by atoms with van der Waals surface area (Å²) < 4.78 is 17.4. The van der Waals surface area contributed by atoms with E-state index in [0.717, 1.165) is 68.6 Å². The number of benzene rings is 1. The zero-order valence-corrected chi connectivity index (χ0v) is 20.0. The molecule has 0 unspecified atom stereocenters. The topological polar surface area (TPSA) is 98.7 Å². The molecule has 0 atom stereocenters. The largest absolute Gasteiger partial charge is 0.474 e. The van der Waals surface area contributed by atoms with Crippen LogP contribution in [0.5, 0.6) is 11.8 Å². The third-order valence-corrected chi connectivity index (χ3v) is 6.37. The fourth-order valence-corrected chi connectivity index (χ4v) is 4.53. The molecule has 184 valence electrons. The van der Waals surface area contributed by atoms with Crippen molar-refractivity contribution in [2.45, 2.75) is 44.8 Å². The van der Waals surface area contributed by atoms with Crippen molar-refractivity contribution in [2.75, 3.05) is 43.1 Å². The predicted octanol–water partition coefficient (Wildman–Crippen LogP) is 3.63. The van der Waals surface area contributed by atoms with Crippen LogP contribution in [0.25, 0.3) is 10.8 Å². The van der Waals surface area contributed by atoms with Gasteiger partial charge in [-0.2, -0.15) is 9.97 Å². The van der Waals surface area contributed by atoms with Crippen LogP contribution in [0.1, 0.15) is 32.6 Å². The van der Waals surface area contributed by atoms with E-state index in [4.69, 9.17) is 19.2 Å². The number of aromatic nitrogens is 3. The Hall–Kier alpha value is -3.46. The van der Waals surface area contributed by atoms with Crippen LogP contribution in [-0.2, 0) is 9.53 Å². The lowest BCUT2D eigenvalue weighted by Crippen LogP contribution is -2.37. The van der Waals surface area contributed by atoms with E-state index in [1.165, 1.54) is 6.92 Å². The monoisotopic (exact) mass is 477 g/mol. The van der Waals surface area contributed by atoms with E-state index in [9.17, 15) is 4.79 Å². The molecule has 5 rings (SSSR count). The van der Waals surface area contributed by atoms with Crippen molar-refractivity contribution in [2.24, 2.45) is 0 Å². The predicted molar refractivity (Wildman–Crippen MR) is 133 cm³/mol. The molecule has 1 N–H and O–H groups in total. The Morgan fingerprint density at radius 2 is 1.91 bits per heavy atom. The molecule has 9 heteroatoms. The highest BCUT2D eigenvalue weighted by atomic mass is 16.5. The van der Waals surface area contributed by atoms with Gasteiger partial charge in [-0.15, -0.1) is 0 Å². The summed E-state index contributed by atoms with van der Waals surface area (Å²) in [6.45, 7) is 4.61. The van der Waals surface area contributed by atoms with E-state index < -0.39 is 0 Å². The minimum Gasteiger partial charge on any atom is -0.474 e. The van der Waals surface area contributed by atoms with Gasteiger partial charge in [0, 0.05) is 36.8 Å². The van der Waals surface area contributed by atoms with Crippen LogP contribution in [0.4, 0.5) is 11.8 Å². The average Bonchev–Trinajstić information content (AvgIpc) is 2.89. The number of fused-ring (bicyclic) bond motifs is 1. The summed E-state index contributed by atoms with van der Waals surface area (Å²) in [6, 6.07) is 12.3. The van der Waals surface area contributed by atoms with Crippen molar-refractivity contribution in [3.63, 3.8) is 0 Å². The molecule has 35 heavy (non-hydrogen) atoms. The van der Waals surface area contributed by atoms with Gasteiger partial charge in [0.1, 0.15) is 18.5 Å². The molecule has 1 aliphatic heterocycles. The maximum absolute atomic E-state index is 11.1. The standard InChI is InChI=1S/C26H31N5O4/c1-18(32)17-34-24-10-11-27-26(30-24)28-20-6-8-21(9-7-20)35-25-22-5-3-2-4-19(22)16-23(29-25)31-12-14-33-15-13-31/h2-5,10-11,16,20-21H,6-9,12-15,17H2,1H3,(H,27,28,30)/t20-,21+. The fraction of sp³-hybridized carbons (Fsp3) is 0.462. The molecule has 9 nitrogen and oxygen atoms in total. The van der Waals surface area contributed by atoms with Crippen molar-refractivity contribution < 1.29 is 19.0 Å². The van der Waals surface area contributed by atoms with Crippen molar-refractivity contribution in [3.8, 4) is 11.8 Å². The molecule has 0 amide bonds.